The van der Waals surface area contributed by atoms with Crippen molar-refractivity contribution in [3.05, 3.63) is 29.8 Å². The number of fused-ring (bicyclic) bond motifs is 1. The summed E-state index contributed by atoms with van der Waals surface area (Å²) in [4.78, 5) is 19.3. The molecule has 1 unspecified atom stereocenters. The summed E-state index contributed by atoms with van der Waals surface area (Å²) < 4.78 is 5.77. The molecule has 1 atom stereocenters. The zero-order valence-corrected chi connectivity index (χ0v) is 17.5. The number of hydrogen-bond acceptors (Lipinski definition) is 3. The molecule has 0 spiro atoms. The highest BCUT2D eigenvalue weighted by Crippen LogP contribution is 2.39. The molecule has 154 valence electrons. The van der Waals surface area contributed by atoms with Crippen molar-refractivity contribution in [2.24, 2.45) is 10.4 Å². The van der Waals surface area contributed by atoms with E-state index in [-0.39, 0.29) is 11.3 Å². The van der Waals surface area contributed by atoms with Gasteiger partial charge in [-0.2, -0.15) is 0 Å². The Kier molecular flexibility index (Phi) is 6.81. The first-order valence-electron chi connectivity index (χ1n) is 10.5. The van der Waals surface area contributed by atoms with E-state index in [4.69, 9.17) is 9.73 Å². The van der Waals surface area contributed by atoms with E-state index in [0.29, 0.717) is 12.5 Å². The van der Waals surface area contributed by atoms with Crippen LogP contribution in [0.3, 0.4) is 0 Å². The first-order valence-corrected chi connectivity index (χ1v) is 10.5. The highest BCUT2D eigenvalue weighted by atomic mass is 16.5. The standard InChI is InChI=1S/C22H34N4O2/c1-4-23-21(25-16-22(12-7-8-13-22)20(27)26(2)3)24-15-17-11-14-28-19-10-6-5-9-18(17)19/h5-6,9-10,17H,4,7-8,11-16H2,1-3H3,(H2,23,24,25). The Balaban J connectivity index is 1.67. The third kappa shape index (κ3) is 4.59. The second kappa shape index (κ2) is 9.30. The second-order valence-electron chi connectivity index (χ2n) is 8.13. The summed E-state index contributed by atoms with van der Waals surface area (Å²) >= 11 is 0. The van der Waals surface area contributed by atoms with Crippen molar-refractivity contribution in [2.45, 2.75) is 44.9 Å². The maximum absolute atomic E-state index is 12.8. The van der Waals surface area contributed by atoms with E-state index in [9.17, 15) is 4.79 Å². The van der Waals surface area contributed by atoms with Gasteiger partial charge in [-0.1, -0.05) is 31.0 Å². The van der Waals surface area contributed by atoms with Crippen LogP contribution < -0.4 is 15.4 Å². The lowest BCUT2D eigenvalue weighted by molar-refractivity contribution is -0.138. The predicted octanol–water partition coefficient (Wildman–Crippen LogP) is 2.76. The van der Waals surface area contributed by atoms with Gasteiger partial charge in [0.05, 0.1) is 18.6 Å². The number of hydrogen-bond donors (Lipinski definition) is 2. The number of rotatable bonds is 6. The maximum atomic E-state index is 12.8. The van der Waals surface area contributed by atoms with Gasteiger partial charge in [0.25, 0.3) is 0 Å². The number of carbonyl (C=O) groups excluding carboxylic acids is 1. The van der Waals surface area contributed by atoms with Gasteiger partial charge in [0, 0.05) is 33.1 Å². The molecule has 1 aliphatic heterocycles. The van der Waals surface area contributed by atoms with Crippen LogP contribution >= 0.6 is 0 Å². The van der Waals surface area contributed by atoms with E-state index in [1.54, 1.807) is 4.90 Å². The highest BCUT2D eigenvalue weighted by Gasteiger charge is 2.42. The molecule has 6 nitrogen and oxygen atoms in total. The molecular weight excluding hydrogens is 352 g/mol. The number of carbonyl (C=O) groups is 1. The zero-order valence-electron chi connectivity index (χ0n) is 17.5. The number of ether oxygens (including phenoxy) is 1. The summed E-state index contributed by atoms with van der Waals surface area (Å²) in [7, 11) is 3.69. The van der Waals surface area contributed by atoms with Crippen molar-refractivity contribution in [3.8, 4) is 5.75 Å². The molecular formula is C22H34N4O2. The molecule has 0 aromatic heterocycles. The van der Waals surface area contributed by atoms with Gasteiger partial charge in [0.2, 0.25) is 5.91 Å². The maximum Gasteiger partial charge on any atom is 0.230 e. The van der Waals surface area contributed by atoms with Gasteiger partial charge < -0.3 is 20.3 Å². The molecule has 6 heteroatoms. The fourth-order valence-corrected chi connectivity index (χ4v) is 4.39. The molecule has 1 aromatic carbocycles. The van der Waals surface area contributed by atoms with Crippen molar-refractivity contribution in [1.82, 2.24) is 15.5 Å². The fraction of sp³-hybridized carbons (Fsp3) is 0.636. The highest BCUT2D eigenvalue weighted by molar-refractivity contribution is 5.84. The number of amides is 1. The predicted molar refractivity (Wildman–Crippen MR) is 113 cm³/mol. The molecule has 0 saturated heterocycles. The van der Waals surface area contributed by atoms with E-state index >= 15 is 0 Å². The van der Waals surface area contributed by atoms with Gasteiger partial charge >= 0.3 is 0 Å². The summed E-state index contributed by atoms with van der Waals surface area (Å²) in [6, 6.07) is 8.27. The zero-order chi connectivity index (χ0) is 20.0. The van der Waals surface area contributed by atoms with E-state index in [1.165, 1.54) is 5.56 Å². The molecule has 2 aliphatic rings. The van der Waals surface area contributed by atoms with Crippen LogP contribution in [0.5, 0.6) is 5.75 Å². The summed E-state index contributed by atoms with van der Waals surface area (Å²) in [6.07, 6.45) is 5.07. The molecule has 0 radical (unpaired) electrons. The van der Waals surface area contributed by atoms with Crippen LogP contribution in [0.4, 0.5) is 0 Å². The minimum atomic E-state index is -0.336. The lowest BCUT2D eigenvalue weighted by Crippen LogP contribution is -2.43. The lowest BCUT2D eigenvalue weighted by Gasteiger charge is -2.30. The minimum Gasteiger partial charge on any atom is -0.493 e. The number of nitrogens with one attached hydrogen (secondary N) is 2. The summed E-state index contributed by atoms with van der Waals surface area (Å²) in [5.74, 6) is 2.40. The lowest BCUT2D eigenvalue weighted by atomic mass is 9.85. The Morgan fingerprint density at radius 2 is 2.00 bits per heavy atom. The molecule has 0 bridgehead atoms. The summed E-state index contributed by atoms with van der Waals surface area (Å²) in [6.45, 7) is 4.96. The van der Waals surface area contributed by atoms with Crippen molar-refractivity contribution in [3.63, 3.8) is 0 Å². The van der Waals surface area contributed by atoms with Crippen LogP contribution in [0.1, 0.15) is 50.5 Å². The van der Waals surface area contributed by atoms with Crippen LogP contribution in [-0.2, 0) is 4.79 Å². The van der Waals surface area contributed by atoms with Gasteiger partial charge in [0.15, 0.2) is 5.96 Å². The van der Waals surface area contributed by atoms with Gasteiger partial charge in [-0.05, 0) is 37.8 Å². The van der Waals surface area contributed by atoms with E-state index in [0.717, 1.165) is 63.5 Å². The molecule has 1 amide bonds. The van der Waals surface area contributed by atoms with Gasteiger partial charge in [0.1, 0.15) is 5.75 Å². The van der Waals surface area contributed by atoms with Gasteiger partial charge in [-0.3, -0.25) is 9.79 Å². The number of nitrogens with zero attached hydrogens (tertiary/aromatic N) is 2. The number of aliphatic imine (C=N–C) groups is 1. The third-order valence-electron chi connectivity index (χ3n) is 5.90. The molecule has 1 saturated carbocycles. The largest absolute Gasteiger partial charge is 0.493 e. The van der Waals surface area contributed by atoms with E-state index in [1.807, 2.05) is 26.2 Å². The Morgan fingerprint density at radius 3 is 2.71 bits per heavy atom. The Hall–Kier alpha value is -2.24. The topological polar surface area (TPSA) is 66.0 Å². The number of benzene rings is 1. The second-order valence-corrected chi connectivity index (χ2v) is 8.13. The quantitative estimate of drug-likeness (QED) is 0.583. The molecule has 1 aliphatic carbocycles. The van der Waals surface area contributed by atoms with E-state index in [2.05, 4.69) is 29.7 Å². The smallest absolute Gasteiger partial charge is 0.230 e. The first kappa shape index (κ1) is 20.5. The third-order valence-corrected chi connectivity index (χ3v) is 5.90. The average molecular weight is 387 g/mol. The Labute approximate surface area is 168 Å². The van der Waals surface area contributed by atoms with Crippen LogP contribution in [0.25, 0.3) is 0 Å². The van der Waals surface area contributed by atoms with E-state index < -0.39 is 0 Å². The number of guanidine groups is 1. The minimum absolute atomic E-state index is 0.211. The molecule has 28 heavy (non-hydrogen) atoms. The van der Waals surface area contributed by atoms with Crippen LogP contribution in [0.15, 0.2) is 29.3 Å². The van der Waals surface area contributed by atoms with Crippen LogP contribution in [0.2, 0.25) is 0 Å². The molecule has 3 rings (SSSR count). The molecule has 1 heterocycles. The van der Waals surface area contributed by atoms with Crippen molar-refractivity contribution < 1.29 is 9.53 Å². The Morgan fingerprint density at radius 1 is 1.25 bits per heavy atom. The molecule has 1 fully saturated rings. The van der Waals surface area contributed by atoms with Crippen molar-refractivity contribution >= 4 is 11.9 Å². The van der Waals surface area contributed by atoms with Crippen LogP contribution in [-0.4, -0.2) is 57.1 Å². The van der Waals surface area contributed by atoms with Crippen molar-refractivity contribution in [1.29, 1.82) is 0 Å². The van der Waals surface area contributed by atoms with Crippen LogP contribution in [0, 0.1) is 5.41 Å². The SMILES string of the molecule is CCNC(=NCC1(C(=O)N(C)C)CCCC1)NCC1CCOc2ccccc21. The summed E-state index contributed by atoms with van der Waals surface area (Å²) in [5.41, 5.74) is 0.920. The summed E-state index contributed by atoms with van der Waals surface area (Å²) in [5, 5.41) is 6.84. The normalized spacial score (nSPS) is 20.8. The monoisotopic (exact) mass is 386 g/mol. The average Bonchev–Trinajstić information content (AvgIpc) is 3.19. The fourth-order valence-electron chi connectivity index (χ4n) is 4.39. The Bertz CT molecular complexity index is 696. The van der Waals surface area contributed by atoms with Crippen molar-refractivity contribution in [2.75, 3.05) is 40.3 Å². The van der Waals surface area contributed by atoms with Gasteiger partial charge in [-0.25, -0.2) is 0 Å². The van der Waals surface area contributed by atoms with Gasteiger partial charge in [-0.15, -0.1) is 0 Å². The molecule has 1 aromatic rings. The molecule has 2 N–H and O–H groups in total. The number of para-hydroxylation sites is 1. The first-order chi connectivity index (χ1) is 13.6.